The lowest BCUT2D eigenvalue weighted by molar-refractivity contribution is -0.136. The Kier molecular flexibility index (Phi) is 5.93. The van der Waals surface area contributed by atoms with Gasteiger partial charge in [-0.05, 0) is 43.5 Å². The highest BCUT2D eigenvalue weighted by atomic mass is 79.9. The zero-order valence-electron chi connectivity index (χ0n) is 14.0. The Bertz CT molecular complexity index is 582. The molecule has 3 rings (SSSR count). The summed E-state index contributed by atoms with van der Waals surface area (Å²) in [6.45, 7) is 2.80. The summed E-state index contributed by atoms with van der Waals surface area (Å²) in [5, 5.41) is 0. The van der Waals surface area contributed by atoms with Gasteiger partial charge >= 0.3 is 0 Å². The van der Waals surface area contributed by atoms with E-state index in [-0.39, 0.29) is 11.8 Å². The first-order chi connectivity index (χ1) is 11.6. The molecule has 130 valence electrons. The van der Waals surface area contributed by atoms with Gasteiger partial charge in [0.25, 0.3) is 5.91 Å². The summed E-state index contributed by atoms with van der Waals surface area (Å²) in [4.78, 5) is 29.2. The van der Waals surface area contributed by atoms with Crippen molar-refractivity contribution in [1.82, 2.24) is 9.80 Å². The van der Waals surface area contributed by atoms with Crippen LogP contribution in [0.3, 0.4) is 0 Å². The zero-order chi connectivity index (χ0) is 16.9. The maximum Gasteiger partial charge on any atom is 0.253 e. The van der Waals surface area contributed by atoms with Gasteiger partial charge in [-0.1, -0.05) is 35.2 Å². The molecule has 0 atom stereocenters. The van der Waals surface area contributed by atoms with Crippen LogP contribution in [0.2, 0.25) is 0 Å². The molecule has 1 aliphatic carbocycles. The summed E-state index contributed by atoms with van der Waals surface area (Å²) in [5.74, 6) is 0.592. The van der Waals surface area contributed by atoms with Crippen molar-refractivity contribution in [3.05, 3.63) is 34.3 Å². The Morgan fingerprint density at radius 2 is 1.46 bits per heavy atom. The van der Waals surface area contributed by atoms with E-state index in [9.17, 15) is 9.59 Å². The van der Waals surface area contributed by atoms with Crippen LogP contribution in [0, 0.1) is 5.92 Å². The molecular formula is C19H25BrN2O2. The highest BCUT2D eigenvalue weighted by Crippen LogP contribution is 2.26. The second-order valence-electron chi connectivity index (χ2n) is 6.81. The molecule has 0 unspecified atom stereocenters. The van der Waals surface area contributed by atoms with Gasteiger partial charge in [0.2, 0.25) is 5.91 Å². The molecule has 1 heterocycles. The largest absolute Gasteiger partial charge is 0.341 e. The first kappa shape index (κ1) is 17.5. The summed E-state index contributed by atoms with van der Waals surface area (Å²) in [6.07, 6.45) is 6.56. The van der Waals surface area contributed by atoms with Crippen LogP contribution in [0.15, 0.2) is 28.7 Å². The van der Waals surface area contributed by atoms with Gasteiger partial charge in [-0.25, -0.2) is 0 Å². The van der Waals surface area contributed by atoms with Crippen LogP contribution < -0.4 is 0 Å². The molecule has 1 aromatic carbocycles. The van der Waals surface area contributed by atoms with Crippen LogP contribution in [0.25, 0.3) is 0 Å². The van der Waals surface area contributed by atoms with Crippen LogP contribution in [0.1, 0.15) is 48.9 Å². The third-order valence-corrected chi connectivity index (χ3v) is 5.67. The minimum absolute atomic E-state index is 0.0643. The lowest BCUT2D eigenvalue weighted by Gasteiger charge is -2.28. The van der Waals surface area contributed by atoms with E-state index in [2.05, 4.69) is 15.9 Å². The van der Waals surface area contributed by atoms with Crippen molar-refractivity contribution in [3.8, 4) is 0 Å². The van der Waals surface area contributed by atoms with E-state index in [0.29, 0.717) is 24.6 Å². The summed E-state index contributed by atoms with van der Waals surface area (Å²) in [6, 6.07) is 7.48. The number of carbonyl (C=O) groups is 2. The molecule has 1 saturated heterocycles. The third kappa shape index (κ3) is 4.18. The topological polar surface area (TPSA) is 40.6 Å². The van der Waals surface area contributed by atoms with Gasteiger partial charge in [-0.3, -0.25) is 9.59 Å². The average molecular weight is 393 g/mol. The molecule has 1 aromatic rings. The summed E-state index contributed by atoms with van der Waals surface area (Å²) in [5.41, 5.74) is 0.713. The number of halogens is 1. The van der Waals surface area contributed by atoms with Crippen LogP contribution in [0.4, 0.5) is 0 Å². The van der Waals surface area contributed by atoms with Crippen LogP contribution in [-0.2, 0) is 4.79 Å². The van der Waals surface area contributed by atoms with Crippen molar-refractivity contribution < 1.29 is 9.59 Å². The van der Waals surface area contributed by atoms with Gasteiger partial charge in [0.05, 0.1) is 0 Å². The van der Waals surface area contributed by atoms with Crippen LogP contribution in [0.5, 0.6) is 0 Å². The Morgan fingerprint density at radius 3 is 2.17 bits per heavy atom. The Labute approximate surface area is 152 Å². The van der Waals surface area contributed by atoms with Crippen LogP contribution >= 0.6 is 15.9 Å². The number of nitrogens with zero attached hydrogens (tertiary/aromatic N) is 2. The molecule has 2 fully saturated rings. The number of benzene rings is 1. The molecular weight excluding hydrogens is 368 g/mol. The molecule has 0 radical (unpaired) electrons. The predicted molar refractivity (Wildman–Crippen MR) is 97.8 cm³/mol. The molecule has 1 aliphatic heterocycles. The highest BCUT2D eigenvalue weighted by Gasteiger charge is 2.28. The fourth-order valence-corrected chi connectivity index (χ4v) is 3.99. The van der Waals surface area contributed by atoms with Gasteiger partial charge < -0.3 is 9.80 Å². The average Bonchev–Trinajstić information content (AvgIpc) is 2.88. The van der Waals surface area contributed by atoms with Crippen molar-refractivity contribution >= 4 is 27.7 Å². The Hall–Kier alpha value is -1.36. The number of amides is 2. The highest BCUT2D eigenvalue weighted by molar-refractivity contribution is 9.10. The second-order valence-corrected chi connectivity index (χ2v) is 7.73. The molecule has 2 aliphatic rings. The minimum atomic E-state index is 0.0643. The molecule has 5 heteroatoms. The fourth-order valence-electron chi connectivity index (χ4n) is 3.72. The van der Waals surface area contributed by atoms with Gasteiger partial charge in [-0.15, -0.1) is 0 Å². The number of rotatable bonds is 2. The molecule has 0 aromatic heterocycles. The predicted octanol–water partition coefficient (Wildman–Crippen LogP) is 3.70. The second kappa shape index (κ2) is 8.15. The van der Waals surface area contributed by atoms with Gasteiger partial charge in [-0.2, -0.15) is 0 Å². The maximum atomic E-state index is 12.7. The number of hydrogen-bond donors (Lipinski definition) is 0. The normalized spacial score (nSPS) is 19.9. The van der Waals surface area contributed by atoms with E-state index in [1.54, 1.807) is 0 Å². The van der Waals surface area contributed by atoms with Crippen molar-refractivity contribution in [2.75, 3.05) is 26.2 Å². The summed E-state index contributed by atoms with van der Waals surface area (Å²) >= 11 is 3.40. The Morgan fingerprint density at radius 1 is 0.833 bits per heavy atom. The zero-order valence-corrected chi connectivity index (χ0v) is 15.6. The molecule has 0 bridgehead atoms. The number of hydrogen-bond acceptors (Lipinski definition) is 2. The van der Waals surface area contributed by atoms with E-state index in [1.165, 1.54) is 19.3 Å². The van der Waals surface area contributed by atoms with E-state index in [4.69, 9.17) is 0 Å². The molecule has 0 N–H and O–H groups in total. The van der Waals surface area contributed by atoms with Crippen LogP contribution in [-0.4, -0.2) is 47.8 Å². The molecule has 2 amide bonds. The van der Waals surface area contributed by atoms with Crippen molar-refractivity contribution in [2.45, 2.75) is 38.5 Å². The fraction of sp³-hybridized carbons (Fsp3) is 0.579. The Balaban J connectivity index is 1.59. The number of carbonyl (C=O) groups excluding carboxylic acids is 2. The van der Waals surface area contributed by atoms with Crippen molar-refractivity contribution in [3.63, 3.8) is 0 Å². The standard InChI is InChI=1S/C19H25BrN2O2/c20-17-9-7-16(8-10-17)19(24)22-12-4-11-21(13-14-22)18(23)15-5-2-1-3-6-15/h7-10,15H,1-6,11-14H2. The lowest BCUT2D eigenvalue weighted by Crippen LogP contribution is -2.40. The SMILES string of the molecule is O=C(c1ccc(Br)cc1)N1CCCN(C(=O)C2CCCCC2)CC1. The molecule has 4 nitrogen and oxygen atoms in total. The smallest absolute Gasteiger partial charge is 0.253 e. The van der Waals surface area contributed by atoms with Crippen molar-refractivity contribution in [2.24, 2.45) is 5.92 Å². The van der Waals surface area contributed by atoms with E-state index < -0.39 is 0 Å². The lowest BCUT2D eigenvalue weighted by atomic mass is 9.88. The first-order valence-electron chi connectivity index (χ1n) is 8.99. The first-order valence-corrected chi connectivity index (χ1v) is 9.78. The summed E-state index contributed by atoms with van der Waals surface area (Å²) in [7, 11) is 0. The van der Waals surface area contributed by atoms with E-state index >= 15 is 0 Å². The van der Waals surface area contributed by atoms with Gasteiger partial charge in [0.1, 0.15) is 0 Å². The quantitative estimate of drug-likeness (QED) is 0.769. The molecule has 24 heavy (non-hydrogen) atoms. The third-order valence-electron chi connectivity index (χ3n) is 5.14. The van der Waals surface area contributed by atoms with Crippen molar-refractivity contribution in [1.29, 1.82) is 0 Å². The van der Waals surface area contributed by atoms with Gasteiger partial charge in [0.15, 0.2) is 0 Å². The van der Waals surface area contributed by atoms with E-state index in [1.807, 2.05) is 34.1 Å². The molecule has 1 saturated carbocycles. The van der Waals surface area contributed by atoms with E-state index in [0.717, 1.165) is 36.8 Å². The van der Waals surface area contributed by atoms with Gasteiger partial charge in [0, 0.05) is 42.1 Å². The maximum absolute atomic E-state index is 12.7. The summed E-state index contributed by atoms with van der Waals surface area (Å²) < 4.78 is 0.971. The minimum Gasteiger partial charge on any atom is -0.341 e. The molecule has 0 spiro atoms. The monoisotopic (exact) mass is 392 g/mol.